The quantitative estimate of drug-likeness (QED) is 0.0385. The normalized spacial score (nSPS) is 14.9. The Labute approximate surface area is 591 Å². The Bertz CT molecular complexity index is 3680. The van der Waals surface area contributed by atoms with Gasteiger partial charge in [0.2, 0.25) is 0 Å². The molecule has 7 aromatic rings. The number of terminal acetylenes is 1. The fourth-order valence-electron chi connectivity index (χ4n) is 11.4. The van der Waals surface area contributed by atoms with Gasteiger partial charge in [0, 0.05) is 97.3 Å². The number of rotatable bonds is 13. The van der Waals surface area contributed by atoms with Gasteiger partial charge in [-0.15, -0.1) is 30.4 Å². The molecule has 91 heavy (non-hydrogen) atoms. The van der Waals surface area contributed by atoms with Gasteiger partial charge in [-0.1, -0.05) is 120 Å². The minimum absolute atomic E-state index is 0. The second-order valence-corrected chi connectivity index (χ2v) is 27.2. The maximum atomic E-state index is 13.1. The summed E-state index contributed by atoms with van der Waals surface area (Å²) in [5.41, 5.74) is 4.47. The molecule has 4 aromatic heterocycles. The smallest absolute Gasteiger partial charge is 0.307 e. The van der Waals surface area contributed by atoms with E-state index in [0.717, 1.165) is 89.8 Å². The third kappa shape index (κ3) is 23.9. The molecular formula is C72H79Br3IN9O5V. The van der Waals surface area contributed by atoms with Gasteiger partial charge in [-0.05, 0) is 195 Å². The number of nitrogens with one attached hydrogen (secondary N) is 1. The van der Waals surface area contributed by atoms with Crippen molar-refractivity contribution in [2.75, 3.05) is 0 Å². The second-order valence-electron chi connectivity index (χ2n) is 24.5. The number of aromatic nitrogens is 7. The van der Waals surface area contributed by atoms with Gasteiger partial charge < -0.3 is 14.8 Å². The number of nitriles is 1. The van der Waals surface area contributed by atoms with Crippen LogP contribution in [0.4, 0.5) is 0 Å². The Hall–Kier alpha value is -6.49. The molecule has 0 spiro atoms. The van der Waals surface area contributed by atoms with Crippen molar-refractivity contribution >= 4 is 95.7 Å². The summed E-state index contributed by atoms with van der Waals surface area (Å²) < 4.78 is 19.0. The molecule has 3 aromatic carbocycles. The van der Waals surface area contributed by atoms with Gasteiger partial charge in [-0.2, -0.15) is 20.6 Å². The number of amides is 1. The van der Waals surface area contributed by atoms with E-state index in [-0.39, 0.29) is 70.9 Å². The minimum Gasteiger partial charge on any atom is -0.460 e. The zero-order valence-electron chi connectivity index (χ0n) is 52.6. The molecule has 475 valence electrons. The Morgan fingerprint density at radius 2 is 1.02 bits per heavy atom. The topological polar surface area (TPSA) is 172 Å². The number of carbonyl (C=O) groups excluding carboxylic acids is 3. The first-order valence-corrected chi connectivity index (χ1v) is 32.5. The van der Waals surface area contributed by atoms with Crippen LogP contribution in [0.3, 0.4) is 0 Å². The Balaban J connectivity index is 0.000000237. The summed E-state index contributed by atoms with van der Waals surface area (Å²) in [6.07, 6.45) is 32.5. The van der Waals surface area contributed by atoms with Gasteiger partial charge in [0.15, 0.2) is 0 Å². The molecule has 1 radical (unpaired) electrons. The predicted molar refractivity (Wildman–Crippen MR) is 374 cm³/mol. The second kappa shape index (κ2) is 36.1. The van der Waals surface area contributed by atoms with E-state index in [9.17, 15) is 19.6 Å². The van der Waals surface area contributed by atoms with E-state index in [1.165, 1.54) is 30.0 Å². The van der Waals surface area contributed by atoms with Crippen LogP contribution in [0.25, 0.3) is 6.08 Å². The molecule has 4 heterocycles. The molecule has 3 fully saturated rings. The molecule has 14 nitrogen and oxygen atoms in total. The fraction of sp³-hybridized carbons (Fsp3) is 0.389. The van der Waals surface area contributed by atoms with Crippen LogP contribution >= 0.6 is 71.8 Å². The van der Waals surface area contributed by atoms with E-state index in [4.69, 9.17) is 15.9 Å². The van der Waals surface area contributed by atoms with Crippen molar-refractivity contribution in [3.05, 3.63) is 193 Å². The SMILES string of the molecule is C#CCn1cccn1.CC(C)(C)OC(=O)CC1(c2ccc(Br)cc2)CCCC1.CC(C)(C)OC(=O)CC1(c2ccc(C#CCn3cccn3)cc2)CCCC1.I.N#C/C(=C\c1ncc(Br)cc1Br)C(=O)NC1(c2ccc(C#CCn3cccn3)cc2)CCCC1.[V]. The molecule has 10 rings (SSSR count). The van der Waals surface area contributed by atoms with E-state index in [0.29, 0.717) is 42.6 Å². The molecule has 1 amide bonds. The summed E-state index contributed by atoms with van der Waals surface area (Å²) in [4.78, 5) is 42.1. The van der Waals surface area contributed by atoms with E-state index < -0.39 is 22.6 Å². The molecule has 3 aliphatic rings. The van der Waals surface area contributed by atoms with E-state index in [2.05, 4.69) is 152 Å². The molecular weight excluding hydrogens is 1490 g/mol. The van der Waals surface area contributed by atoms with E-state index in [1.807, 2.05) is 115 Å². The van der Waals surface area contributed by atoms with Crippen LogP contribution in [0.15, 0.2) is 159 Å². The Morgan fingerprint density at radius 3 is 1.41 bits per heavy atom. The number of benzene rings is 3. The number of halogens is 4. The molecule has 19 heteroatoms. The molecule has 0 bridgehead atoms. The maximum absolute atomic E-state index is 13.1. The summed E-state index contributed by atoms with van der Waals surface area (Å²) in [6, 6.07) is 34.2. The predicted octanol–water partition coefficient (Wildman–Crippen LogP) is 16.0. The van der Waals surface area contributed by atoms with E-state index in [1.54, 1.807) is 38.8 Å². The summed E-state index contributed by atoms with van der Waals surface area (Å²) >= 11 is 10.3. The molecule has 0 unspecified atom stereocenters. The largest absolute Gasteiger partial charge is 0.460 e. The minimum atomic E-state index is -0.502. The molecule has 0 saturated heterocycles. The summed E-state index contributed by atoms with van der Waals surface area (Å²) in [5.74, 6) is 14.5. The fourth-order valence-corrected chi connectivity index (χ4v) is 12.8. The van der Waals surface area contributed by atoms with Gasteiger partial charge in [0.25, 0.3) is 5.91 Å². The monoisotopic (exact) mass is 1560 g/mol. The summed E-state index contributed by atoms with van der Waals surface area (Å²) in [7, 11) is 0. The average molecular weight is 1570 g/mol. The number of esters is 2. The first-order chi connectivity index (χ1) is 42.6. The van der Waals surface area contributed by atoms with Crippen molar-refractivity contribution in [3.8, 4) is 42.1 Å². The van der Waals surface area contributed by atoms with Crippen LogP contribution in [-0.2, 0) is 78.4 Å². The maximum Gasteiger partial charge on any atom is 0.307 e. The van der Waals surface area contributed by atoms with Crippen LogP contribution in [0.5, 0.6) is 0 Å². The van der Waals surface area contributed by atoms with Crippen LogP contribution in [-0.4, -0.2) is 63.4 Å². The average Bonchev–Trinajstić information content (AvgIpc) is 1.81. The van der Waals surface area contributed by atoms with Gasteiger partial charge in [0.05, 0.1) is 24.1 Å². The number of nitrogens with zero attached hydrogens (tertiary/aromatic N) is 8. The Kier molecular flexibility index (Phi) is 29.8. The molecule has 1 N–H and O–H groups in total. The molecule has 0 aliphatic heterocycles. The van der Waals surface area contributed by atoms with Crippen LogP contribution in [0.1, 0.15) is 165 Å². The molecule has 3 aliphatic carbocycles. The number of ether oxygens (including phenoxy) is 2. The van der Waals surface area contributed by atoms with Crippen molar-refractivity contribution in [3.63, 3.8) is 0 Å². The van der Waals surface area contributed by atoms with E-state index >= 15 is 0 Å². The van der Waals surface area contributed by atoms with Crippen LogP contribution in [0.2, 0.25) is 0 Å². The Morgan fingerprint density at radius 1 is 0.615 bits per heavy atom. The van der Waals surface area contributed by atoms with Gasteiger partial charge in [0.1, 0.15) is 42.5 Å². The number of carbonyl (C=O) groups is 3. The van der Waals surface area contributed by atoms with Crippen LogP contribution in [0, 0.1) is 47.4 Å². The van der Waals surface area contributed by atoms with Gasteiger partial charge in [-0.3, -0.25) is 33.4 Å². The van der Waals surface area contributed by atoms with Crippen molar-refractivity contribution in [1.29, 1.82) is 5.26 Å². The van der Waals surface area contributed by atoms with Gasteiger partial charge >= 0.3 is 11.9 Å². The van der Waals surface area contributed by atoms with Crippen molar-refractivity contribution < 1.29 is 42.4 Å². The first-order valence-electron chi connectivity index (χ1n) is 30.1. The zero-order chi connectivity index (χ0) is 63.9. The van der Waals surface area contributed by atoms with Crippen molar-refractivity contribution in [2.45, 2.75) is 179 Å². The van der Waals surface area contributed by atoms with Gasteiger partial charge in [-0.25, -0.2) is 0 Å². The molecule has 3 saturated carbocycles. The standard InChI is InChI=1S/C26H21Br2N5O.C23H28N2O2.C17H23BrO2.C6H6N2.HI.V/c27-22-16-23(28)24(30-18-22)15-20(17-29)25(34)32-26(10-1-2-11-26)21-8-6-19(7-9-21)5-3-13-33-14-4-12-31-33;1-22(2,3)27-21(26)18-23(13-4-5-14-23)20-11-9-19(10-12-20)8-6-16-25-17-7-15-24-25;1-16(2,3)20-15(19)12-17(10-4-5-11-17)13-6-8-14(18)9-7-13;1-2-5-8-6-3-4-7-8;;/h4,6-9,12,14-16,18H,1-2,10-11,13H2,(H,32,34);7,9-12,15,17H,4-5,13-14,16,18H2,1-3H3;6-9H,4-5,10-12H2,1-3H3;1,3-4,6H,5H2;1H;/b20-15+;;;;;. The summed E-state index contributed by atoms with van der Waals surface area (Å²) in [5, 5.41) is 25.0. The number of pyridine rings is 1. The summed E-state index contributed by atoms with van der Waals surface area (Å²) in [6.45, 7) is 13.2. The number of hydrogen-bond donors (Lipinski definition) is 1. The first kappa shape index (κ1) is 75.2. The zero-order valence-corrected chi connectivity index (χ0v) is 61.0. The van der Waals surface area contributed by atoms with Crippen molar-refractivity contribution in [2.24, 2.45) is 0 Å². The van der Waals surface area contributed by atoms with Crippen LogP contribution < -0.4 is 5.32 Å². The van der Waals surface area contributed by atoms with Crippen molar-refractivity contribution in [1.82, 2.24) is 39.6 Å². The molecule has 0 atom stereocenters. The third-order valence-electron chi connectivity index (χ3n) is 15.5. The number of hydrogen-bond acceptors (Lipinski definition) is 10. The third-order valence-corrected chi connectivity index (χ3v) is 17.1.